The molecule has 0 saturated carbocycles. The third-order valence-corrected chi connectivity index (χ3v) is 5.37. The van der Waals surface area contributed by atoms with Gasteiger partial charge in [-0.1, -0.05) is 19.1 Å². The summed E-state index contributed by atoms with van der Waals surface area (Å²) in [4.78, 5) is 34.1. The van der Waals surface area contributed by atoms with Gasteiger partial charge in [-0.25, -0.2) is 4.98 Å². The average Bonchev–Trinajstić information content (AvgIpc) is 2.66. The normalized spacial score (nSPS) is 17.9. The van der Waals surface area contributed by atoms with Crippen LogP contribution in [0.1, 0.15) is 38.9 Å². The van der Waals surface area contributed by atoms with Crippen molar-refractivity contribution in [2.45, 2.75) is 39.7 Å². The zero-order valence-electron chi connectivity index (χ0n) is 16.0. The standard InChI is InChI=1S/C20H28N4O2.ClH/c1-3-24(19(25)11-14(2)15-7-6-10-21-12-15)13-18-22-17-9-5-4-8-16(17)20(26)23-18;/h4-5,8-9,14-15,21H,3,6-7,10-13H2,1-2H3,(H,22,23,26);1H. The van der Waals surface area contributed by atoms with E-state index in [4.69, 9.17) is 0 Å². The number of aromatic nitrogens is 2. The monoisotopic (exact) mass is 392 g/mol. The van der Waals surface area contributed by atoms with Crippen LogP contribution in [0.5, 0.6) is 0 Å². The van der Waals surface area contributed by atoms with E-state index in [0.717, 1.165) is 13.1 Å². The third kappa shape index (κ3) is 5.30. The van der Waals surface area contributed by atoms with Crippen LogP contribution in [0, 0.1) is 11.8 Å². The van der Waals surface area contributed by atoms with E-state index in [-0.39, 0.29) is 23.9 Å². The van der Waals surface area contributed by atoms with E-state index < -0.39 is 0 Å². The van der Waals surface area contributed by atoms with Crippen molar-refractivity contribution in [1.29, 1.82) is 0 Å². The number of carbonyl (C=O) groups excluding carboxylic acids is 1. The molecule has 1 aromatic heterocycles. The number of nitrogens with one attached hydrogen (secondary N) is 2. The van der Waals surface area contributed by atoms with Gasteiger partial charge < -0.3 is 15.2 Å². The molecule has 1 aromatic carbocycles. The molecule has 0 radical (unpaired) electrons. The fraction of sp³-hybridized carbons (Fsp3) is 0.550. The first kappa shape index (κ1) is 21.4. The summed E-state index contributed by atoms with van der Waals surface area (Å²) in [5.74, 6) is 1.58. The minimum absolute atomic E-state index is 0. The summed E-state index contributed by atoms with van der Waals surface area (Å²) >= 11 is 0. The predicted molar refractivity (Wildman–Crippen MR) is 110 cm³/mol. The summed E-state index contributed by atoms with van der Waals surface area (Å²) < 4.78 is 0. The number of H-pyrrole nitrogens is 1. The van der Waals surface area contributed by atoms with E-state index in [1.807, 2.05) is 25.1 Å². The van der Waals surface area contributed by atoms with Crippen LogP contribution in [0.15, 0.2) is 29.1 Å². The molecule has 2 atom stereocenters. The Kier molecular flexibility index (Phi) is 7.80. The second kappa shape index (κ2) is 9.85. The first-order chi connectivity index (χ1) is 12.6. The smallest absolute Gasteiger partial charge is 0.258 e. The highest BCUT2D eigenvalue weighted by molar-refractivity contribution is 5.85. The zero-order valence-corrected chi connectivity index (χ0v) is 16.8. The number of piperidine rings is 1. The van der Waals surface area contributed by atoms with E-state index in [2.05, 4.69) is 22.2 Å². The Bertz CT molecular complexity index is 817. The van der Waals surface area contributed by atoms with Gasteiger partial charge in [0.25, 0.3) is 5.56 Å². The SMILES string of the molecule is CCN(Cc1nc2ccccc2c(=O)[nH]1)C(=O)CC(C)C1CCCNC1.Cl. The number of fused-ring (bicyclic) bond motifs is 1. The van der Waals surface area contributed by atoms with E-state index in [0.29, 0.717) is 48.1 Å². The lowest BCUT2D eigenvalue weighted by molar-refractivity contribution is -0.133. The molecular weight excluding hydrogens is 364 g/mol. The number of nitrogens with zero attached hydrogens (tertiary/aromatic N) is 2. The molecule has 0 aliphatic carbocycles. The van der Waals surface area contributed by atoms with Gasteiger partial charge in [0.1, 0.15) is 5.82 Å². The Morgan fingerprint density at radius 2 is 2.15 bits per heavy atom. The van der Waals surface area contributed by atoms with Crippen LogP contribution in [0.4, 0.5) is 0 Å². The second-order valence-corrected chi connectivity index (χ2v) is 7.23. The Labute approximate surface area is 166 Å². The Morgan fingerprint density at radius 1 is 1.37 bits per heavy atom. The summed E-state index contributed by atoms with van der Waals surface area (Å²) in [6.45, 7) is 7.15. The zero-order chi connectivity index (χ0) is 18.5. The van der Waals surface area contributed by atoms with Crippen LogP contribution in [0.25, 0.3) is 10.9 Å². The highest BCUT2D eigenvalue weighted by atomic mass is 35.5. The third-order valence-electron chi connectivity index (χ3n) is 5.37. The molecule has 2 aromatic rings. The number of halogens is 1. The average molecular weight is 393 g/mol. The van der Waals surface area contributed by atoms with Crippen molar-refractivity contribution in [2.24, 2.45) is 11.8 Å². The fourth-order valence-corrected chi connectivity index (χ4v) is 3.70. The molecular formula is C20H29ClN4O2. The van der Waals surface area contributed by atoms with Crippen LogP contribution in [0.2, 0.25) is 0 Å². The number of para-hydroxylation sites is 1. The molecule has 0 bridgehead atoms. The van der Waals surface area contributed by atoms with Crippen molar-refractivity contribution in [1.82, 2.24) is 20.2 Å². The number of rotatable bonds is 6. The van der Waals surface area contributed by atoms with Crippen molar-refractivity contribution in [3.8, 4) is 0 Å². The largest absolute Gasteiger partial charge is 0.335 e. The molecule has 1 amide bonds. The number of amides is 1. The topological polar surface area (TPSA) is 78.1 Å². The minimum atomic E-state index is -0.157. The highest BCUT2D eigenvalue weighted by Crippen LogP contribution is 2.23. The van der Waals surface area contributed by atoms with Gasteiger partial charge in [0.15, 0.2) is 0 Å². The van der Waals surface area contributed by atoms with E-state index >= 15 is 0 Å². The van der Waals surface area contributed by atoms with Gasteiger partial charge >= 0.3 is 0 Å². The number of hydrogen-bond donors (Lipinski definition) is 2. The van der Waals surface area contributed by atoms with E-state index in [1.54, 1.807) is 11.0 Å². The number of carbonyl (C=O) groups is 1. The molecule has 7 heteroatoms. The Morgan fingerprint density at radius 3 is 2.85 bits per heavy atom. The van der Waals surface area contributed by atoms with E-state index in [9.17, 15) is 9.59 Å². The van der Waals surface area contributed by atoms with Crippen LogP contribution in [-0.4, -0.2) is 40.4 Å². The quantitative estimate of drug-likeness (QED) is 0.792. The van der Waals surface area contributed by atoms with Crippen molar-refractivity contribution >= 4 is 29.2 Å². The van der Waals surface area contributed by atoms with Crippen LogP contribution in [0.3, 0.4) is 0 Å². The molecule has 3 rings (SSSR count). The first-order valence-electron chi connectivity index (χ1n) is 9.55. The molecule has 1 saturated heterocycles. The van der Waals surface area contributed by atoms with Crippen LogP contribution >= 0.6 is 12.4 Å². The molecule has 2 N–H and O–H groups in total. The number of hydrogen-bond acceptors (Lipinski definition) is 4. The maximum Gasteiger partial charge on any atom is 0.258 e. The first-order valence-corrected chi connectivity index (χ1v) is 9.55. The van der Waals surface area contributed by atoms with Gasteiger partial charge in [-0.3, -0.25) is 9.59 Å². The van der Waals surface area contributed by atoms with Gasteiger partial charge in [-0.05, 0) is 56.8 Å². The number of benzene rings is 1. The Hall–Kier alpha value is -1.92. The highest BCUT2D eigenvalue weighted by Gasteiger charge is 2.24. The minimum Gasteiger partial charge on any atom is -0.335 e. The summed E-state index contributed by atoms with van der Waals surface area (Å²) in [6.07, 6.45) is 2.91. The van der Waals surface area contributed by atoms with Gasteiger partial charge in [0.2, 0.25) is 5.91 Å². The summed E-state index contributed by atoms with van der Waals surface area (Å²) in [6, 6.07) is 7.27. The maximum absolute atomic E-state index is 12.8. The second-order valence-electron chi connectivity index (χ2n) is 7.23. The molecule has 1 aliphatic heterocycles. The molecule has 2 heterocycles. The molecule has 27 heavy (non-hydrogen) atoms. The van der Waals surface area contributed by atoms with E-state index in [1.165, 1.54) is 12.8 Å². The van der Waals surface area contributed by atoms with Crippen molar-refractivity contribution in [3.63, 3.8) is 0 Å². The predicted octanol–water partition coefficient (Wildman–Crippen LogP) is 2.72. The number of aromatic amines is 1. The van der Waals surface area contributed by atoms with Crippen molar-refractivity contribution < 1.29 is 4.79 Å². The molecule has 0 spiro atoms. The van der Waals surface area contributed by atoms with Gasteiger partial charge in [-0.2, -0.15) is 0 Å². The molecule has 1 aliphatic rings. The lowest BCUT2D eigenvalue weighted by atomic mass is 9.85. The molecule has 6 nitrogen and oxygen atoms in total. The van der Waals surface area contributed by atoms with Crippen molar-refractivity contribution in [2.75, 3.05) is 19.6 Å². The summed E-state index contributed by atoms with van der Waals surface area (Å²) in [7, 11) is 0. The molecule has 148 valence electrons. The van der Waals surface area contributed by atoms with Crippen molar-refractivity contribution in [3.05, 3.63) is 40.4 Å². The summed E-state index contributed by atoms with van der Waals surface area (Å²) in [5.41, 5.74) is 0.507. The molecule has 1 fully saturated rings. The molecule has 2 unspecified atom stereocenters. The lowest BCUT2D eigenvalue weighted by Gasteiger charge is -2.29. The van der Waals surface area contributed by atoms with Gasteiger partial charge in [0.05, 0.1) is 17.4 Å². The van der Waals surface area contributed by atoms with Crippen LogP contribution in [-0.2, 0) is 11.3 Å². The lowest BCUT2D eigenvalue weighted by Crippen LogP contribution is -2.37. The van der Waals surface area contributed by atoms with Gasteiger partial charge in [0, 0.05) is 13.0 Å². The summed E-state index contributed by atoms with van der Waals surface area (Å²) in [5, 5.41) is 3.99. The van der Waals surface area contributed by atoms with Gasteiger partial charge in [-0.15, -0.1) is 12.4 Å². The fourth-order valence-electron chi connectivity index (χ4n) is 3.70. The van der Waals surface area contributed by atoms with Crippen LogP contribution < -0.4 is 10.9 Å². The maximum atomic E-state index is 12.8. The Balaban J connectivity index is 0.00000261.